The van der Waals surface area contributed by atoms with Gasteiger partial charge in [-0.25, -0.2) is 9.78 Å². The van der Waals surface area contributed by atoms with Crippen LogP contribution in [0.5, 0.6) is 0 Å². The van der Waals surface area contributed by atoms with Gasteiger partial charge in [-0.05, 0) is 13.8 Å². The van der Waals surface area contributed by atoms with Gasteiger partial charge in [-0.3, -0.25) is 4.68 Å². The van der Waals surface area contributed by atoms with Gasteiger partial charge in [0.1, 0.15) is 0 Å². The first-order valence-electron chi connectivity index (χ1n) is 6.23. The van der Waals surface area contributed by atoms with Crippen LogP contribution in [0.15, 0.2) is 31.1 Å². The lowest BCUT2D eigenvalue weighted by Crippen LogP contribution is -2.38. The molecule has 0 radical (unpaired) electrons. The van der Waals surface area contributed by atoms with E-state index in [1.807, 2.05) is 24.6 Å². The molecule has 7 nitrogen and oxygen atoms in total. The van der Waals surface area contributed by atoms with E-state index in [0.29, 0.717) is 12.2 Å². The number of aromatic nitrogens is 4. The van der Waals surface area contributed by atoms with Gasteiger partial charge in [0, 0.05) is 37.7 Å². The molecule has 0 aliphatic rings. The third kappa shape index (κ3) is 3.84. The zero-order valence-electron chi connectivity index (χ0n) is 11.1. The summed E-state index contributed by atoms with van der Waals surface area (Å²) in [4.78, 5) is 15.7. The summed E-state index contributed by atoms with van der Waals surface area (Å²) in [6.07, 6.45) is 8.72. The topological polar surface area (TPSA) is 76.8 Å². The molecule has 0 fully saturated rings. The lowest BCUT2D eigenvalue weighted by molar-refractivity contribution is 0.248. The Morgan fingerprint density at radius 3 is 3.00 bits per heavy atom. The number of nitrogens with one attached hydrogen (secondary N) is 2. The number of carbonyl (C=O) groups is 1. The molecular formula is C12H18N6O. The van der Waals surface area contributed by atoms with Crippen LogP contribution in [-0.4, -0.2) is 31.4 Å². The number of hydrogen-bond donors (Lipinski definition) is 2. The summed E-state index contributed by atoms with van der Waals surface area (Å²) in [6, 6.07) is -0.223. The van der Waals surface area contributed by atoms with Gasteiger partial charge >= 0.3 is 6.03 Å². The standard InChI is InChI=1S/C12H18N6O/c1-3-18-8-11(6-14-18)16-12(19)15-10(2)7-17-5-4-13-9-17/h4-6,8-10H,3,7H2,1-2H3,(H2,15,16,19). The minimum Gasteiger partial charge on any atom is -0.335 e. The number of nitrogens with zero attached hydrogens (tertiary/aromatic N) is 4. The molecule has 0 aromatic carbocycles. The SMILES string of the molecule is CCn1cc(NC(=O)NC(C)Cn2ccnc2)cn1. The number of carbonyl (C=O) groups excluding carboxylic acids is 1. The van der Waals surface area contributed by atoms with Crippen LogP contribution in [0, 0.1) is 0 Å². The maximum absolute atomic E-state index is 11.8. The summed E-state index contributed by atoms with van der Waals surface area (Å²) in [5.74, 6) is 0. The fraction of sp³-hybridized carbons (Fsp3) is 0.417. The largest absolute Gasteiger partial charge is 0.335 e. The van der Waals surface area contributed by atoms with Gasteiger partial charge in [-0.15, -0.1) is 0 Å². The van der Waals surface area contributed by atoms with Crippen molar-refractivity contribution in [2.45, 2.75) is 33.0 Å². The van der Waals surface area contributed by atoms with Crippen LogP contribution < -0.4 is 10.6 Å². The van der Waals surface area contributed by atoms with Gasteiger partial charge in [0.05, 0.1) is 18.2 Å². The van der Waals surface area contributed by atoms with E-state index in [2.05, 4.69) is 20.7 Å². The van der Waals surface area contributed by atoms with E-state index in [1.54, 1.807) is 29.6 Å². The van der Waals surface area contributed by atoms with E-state index in [4.69, 9.17) is 0 Å². The van der Waals surface area contributed by atoms with Crippen molar-refractivity contribution in [1.82, 2.24) is 24.6 Å². The molecule has 2 amide bonds. The maximum Gasteiger partial charge on any atom is 0.319 e. The molecule has 1 unspecified atom stereocenters. The molecule has 2 rings (SSSR count). The Hall–Kier alpha value is -2.31. The quantitative estimate of drug-likeness (QED) is 0.853. The second-order valence-corrected chi connectivity index (χ2v) is 4.34. The molecule has 2 aromatic rings. The van der Waals surface area contributed by atoms with Crippen LogP contribution in [0.1, 0.15) is 13.8 Å². The number of hydrogen-bond acceptors (Lipinski definition) is 3. The zero-order chi connectivity index (χ0) is 13.7. The summed E-state index contributed by atoms with van der Waals surface area (Å²) in [5.41, 5.74) is 0.689. The maximum atomic E-state index is 11.8. The van der Waals surface area contributed by atoms with E-state index >= 15 is 0 Å². The van der Waals surface area contributed by atoms with E-state index in [1.165, 1.54) is 0 Å². The highest BCUT2D eigenvalue weighted by Crippen LogP contribution is 2.04. The monoisotopic (exact) mass is 262 g/mol. The molecule has 1 atom stereocenters. The third-order valence-electron chi connectivity index (χ3n) is 2.64. The van der Waals surface area contributed by atoms with Crippen molar-refractivity contribution in [3.8, 4) is 0 Å². The molecule has 102 valence electrons. The highest BCUT2D eigenvalue weighted by Gasteiger charge is 2.08. The number of rotatable bonds is 5. The van der Waals surface area contributed by atoms with Crippen LogP contribution >= 0.6 is 0 Å². The number of urea groups is 1. The summed E-state index contributed by atoms with van der Waals surface area (Å²) < 4.78 is 3.67. The first kappa shape index (κ1) is 13.1. The Bertz CT molecular complexity index is 518. The first-order chi connectivity index (χ1) is 9.17. The Morgan fingerprint density at radius 1 is 1.53 bits per heavy atom. The fourth-order valence-electron chi connectivity index (χ4n) is 1.75. The number of amides is 2. The van der Waals surface area contributed by atoms with Crippen molar-refractivity contribution < 1.29 is 4.79 Å². The smallest absolute Gasteiger partial charge is 0.319 e. The van der Waals surface area contributed by atoms with Crippen molar-refractivity contribution in [3.63, 3.8) is 0 Å². The lowest BCUT2D eigenvalue weighted by Gasteiger charge is -2.14. The first-order valence-corrected chi connectivity index (χ1v) is 6.23. The fourth-order valence-corrected chi connectivity index (χ4v) is 1.75. The number of aryl methyl sites for hydroxylation is 1. The normalized spacial score (nSPS) is 12.1. The number of imidazole rings is 1. The number of anilines is 1. The molecule has 0 saturated carbocycles. The van der Waals surface area contributed by atoms with Crippen molar-refractivity contribution in [3.05, 3.63) is 31.1 Å². The Kier molecular flexibility index (Phi) is 4.17. The van der Waals surface area contributed by atoms with Gasteiger partial charge in [0.15, 0.2) is 0 Å². The molecule has 0 aliphatic heterocycles. The van der Waals surface area contributed by atoms with Gasteiger partial charge in [-0.1, -0.05) is 0 Å². The van der Waals surface area contributed by atoms with Gasteiger partial charge in [0.25, 0.3) is 0 Å². The molecule has 0 spiro atoms. The predicted molar refractivity (Wildman–Crippen MR) is 71.7 cm³/mol. The van der Waals surface area contributed by atoms with E-state index < -0.39 is 0 Å². The van der Waals surface area contributed by atoms with Crippen LogP contribution in [0.25, 0.3) is 0 Å². The molecule has 0 bridgehead atoms. The Labute approximate surface area is 111 Å². The van der Waals surface area contributed by atoms with Crippen molar-refractivity contribution in [1.29, 1.82) is 0 Å². The molecule has 19 heavy (non-hydrogen) atoms. The van der Waals surface area contributed by atoms with Crippen LogP contribution in [0.4, 0.5) is 10.5 Å². The third-order valence-corrected chi connectivity index (χ3v) is 2.64. The molecule has 0 saturated heterocycles. The second kappa shape index (κ2) is 6.03. The summed E-state index contributed by atoms with van der Waals surface area (Å²) >= 11 is 0. The minimum absolute atomic E-state index is 0.00965. The van der Waals surface area contributed by atoms with Crippen LogP contribution in [0.3, 0.4) is 0 Å². The predicted octanol–water partition coefficient (Wildman–Crippen LogP) is 1.31. The minimum atomic E-state index is -0.233. The summed E-state index contributed by atoms with van der Waals surface area (Å²) in [6.45, 7) is 5.39. The van der Waals surface area contributed by atoms with E-state index in [9.17, 15) is 4.79 Å². The molecule has 0 aliphatic carbocycles. The molecule has 2 aromatic heterocycles. The molecule has 2 N–H and O–H groups in total. The van der Waals surface area contributed by atoms with E-state index in [0.717, 1.165) is 6.54 Å². The zero-order valence-corrected chi connectivity index (χ0v) is 11.1. The molecule has 2 heterocycles. The van der Waals surface area contributed by atoms with Crippen molar-refractivity contribution >= 4 is 11.7 Å². The van der Waals surface area contributed by atoms with Gasteiger partial charge in [-0.2, -0.15) is 5.10 Å². The summed E-state index contributed by atoms with van der Waals surface area (Å²) in [7, 11) is 0. The average Bonchev–Trinajstić information content (AvgIpc) is 3.00. The van der Waals surface area contributed by atoms with Crippen LogP contribution in [0.2, 0.25) is 0 Å². The molecule has 7 heteroatoms. The highest BCUT2D eigenvalue weighted by atomic mass is 16.2. The van der Waals surface area contributed by atoms with Crippen molar-refractivity contribution in [2.24, 2.45) is 0 Å². The Balaban J connectivity index is 1.80. The van der Waals surface area contributed by atoms with Gasteiger partial charge < -0.3 is 15.2 Å². The van der Waals surface area contributed by atoms with Gasteiger partial charge in [0.2, 0.25) is 0 Å². The summed E-state index contributed by atoms with van der Waals surface area (Å²) in [5, 5.41) is 9.70. The Morgan fingerprint density at radius 2 is 2.37 bits per heavy atom. The van der Waals surface area contributed by atoms with E-state index in [-0.39, 0.29) is 12.1 Å². The lowest BCUT2D eigenvalue weighted by atomic mass is 10.3. The van der Waals surface area contributed by atoms with Crippen LogP contribution in [-0.2, 0) is 13.1 Å². The second-order valence-electron chi connectivity index (χ2n) is 4.34. The molecular weight excluding hydrogens is 244 g/mol. The highest BCUT2D eigenvalue weighted by molar-refractivity contribution is 5.89. The van der Waals surface area contributed by atoms with Crippen molar-refractivity contribution in [2.75, 3.05) is 5.32 Å². The average molecular weight is 262 g/mol.